The molecule has 1 N–H and O–H groups in total. The van der Waals surface area contributed by atoms with Crippen LogP contribution in [0.4, 0.5) is 0 Å². The second-order valence-corrected chi connectivity index (χ2v) is 9.40. The van der Waals surface area contributed by atoms with Crippen molar-refractivity contribution in [3.63, 3.8) is 0 Å². The van der Waals surface area contributed by atoms with Gasteiger partial charge in [-0.25, -0.2) is 8.42 Å². The Bertz CT molecular complexity index is 926. The zero-order chi connectivity index (χ0) is 16.9. The Morgan fingerprint density at radius 3 is 1.74 bits per heavy atom. The summed E-state index contributed by atoms with van der Waals surface area (Å²) in [6, 6.07) is 17.1. The summed E-state index contributed by atoms with van der Waals surface area (Å²) in [7, 11) is -10.2. The van der Waals surface area contributed by atoms with Crippen LogP contribution >= 0.6 is 0 Å². The van der Waals surface area contributed by atoms with Crippen LogP contribution in [0.3, 0.4) is 0 Å². The molecule has 0 atom stereocenters. The SMILES string of the molecule is O=S(=O)(O)S(=O)(=O)C(C=Cc1ccccc1)=Cc1ccccc1. The van der Waals surface area contributed by atoms with Crippen molar-refractivity contribution in [1.82, 2.24) is 0 Å². The zero-order valence-electron chi connectivity index (χ0n) is 11.9. The fraction of sp³-hybridized carbons (Fsp3) is 0. The zero-order valence-corrected chi connectivity index (χ0v) is 13.5. The molecule has 2 rings (SSSR count). The van der Waals surface area contributed by atoms with Crippen molar-refractivity contribution in [2.75, 3.05) is 0 Å². The van der Waals surface area contributed by atoms with Gasteiger partial charge in [0.2, 0.25) is 0 Å². The van der Waals surface area contributed by atoms with E-state index >= 15 is 0 Å². The van der Waals surface area contributed by atoms with E-state index in [1.54, 1.807) is 60.7 Å². The molecule has 5 nitrogen and oxygen atoms in total. The van der Waals surface area contributed by atoms with E-state index in [2.05, 4.69) is 0 Å². The quantitative estimate of drug-likeness (QED) is 0.509. The minimum Gasteiger partial charge on any atom is -0.273 e. The highest BCUT2D eigenvalue weighted by atomic mass is 33.2. The van der Waals surface area contributed by atoms with Crippen LogP contribution in [0.5, 0.6) is 0 Å². The number of allylic oxidation sites excluding steroid dienone is 1. The van der Waals surface area contributed by atoms with E-state index in [1.807, 2.05) is 0 Å². The highest BCUT2D eigenvalue weighted by Crippen LogP contribution is 2.20. The molecule has 0 fully saturated rings. The smallest absolute Gasteiger partial charge is 0.273 e. The Hall–Kier alpha value is -2.22. The first-order valence-electron chi connectivity index (χ1n) is 6.53. The van der Waals surface area contributed by atoms with Crippen LogP contribution in [0.1, 0.15) is 11.1 Å². The van der Waals surface area contributed by atoms with Gasteiger partial charge in [-0.3, -0.25) is 4.55 Å². The largest absolute Gasteiger partial charge is 0.377 e. The molecular weight excluding hydrogens is 336 g/mol. The second-order valence-electron chi connectivity index (χ2n) is 4.58. The van der Waals surface area contributed by atoms with Gasteiger partial charge >= 0.3 is 18.0 Å². The number of hydrogen-bond donors (Lipinski definition) is 1. The summed E-state index contributed by atoms with van der Waals surface area (Å²) in [5.41, 5.74) is 1.18. The Labute approximate surface area is 134 Å². The molecular formula is C16H14O5S2. The minimum atomic E-state index is -5.27. The van der Waals surface area contributed by atoms with E-state index in [4.69, 9.17) is 4.55 Å². The van der Waals surface area contributed by atoms with Gasteiger partial charge in [-0.2, -0.15) is 8.42 Å². The van der Waals surface area contributed by atoms with E-state index in [1.165, 1.54) is 12.2 Å². The van der Waals surface area contributed by atoms with Gasteiger partial charge in [0.25, 0.3) is 0 Å². The maximum atomic E-state index is 12.0. The average Bonchev–Trinajstić information content (AvgIpc) is 2.52. The van der Waals surface area contributed by atoms with Gasteiger partial charge in [0.05, 0.1) is 4.91 Å². The lowest BCUT2D eigenvalue weighted by Gasteiger charge is -2.03. The lowest BCUT2D eigenvalue weighted by Crippen LogP contribution is -2.15. The Morgan fingerprint density at radius 2 is 1.26 bits per heavy atom. The van der Waals surface area contributed by atoms with Crippen LogP contribution < -0.4 is 0 Å². The van der Waals surface area contributed by atoms with Crippen LogP contribution in [-0.4, -0.2) is 21.4 Å². The summed E-state index contributed by atoms with van der Waals surface area (Å²) < 4.78 is 55.4. The highest BCUT2D eigenvalue weighted by molar-refractivity contribution is 8.66. The molecule has 2 aromatic carbocycles. The number of hydrogen-bond acceptors (Lipinski definition) is 4. The first-order valence-corrected chi connectivity index (χ1v) is 9.97. The molecule has 0 aliphatic rings. The summed E-state index contributed by atoms with van der Waals surface area (Å²) >= 11 is 0. The molecule has 0 amide bonds. The van der Waals surface area contributed by atoms with Crippen LogP contribution in [0.25, 0.3) is 12.2 Å². The maximum absolute atomic E-state index is 12.0. The van der Waals surface area contributed by atoms with E-state index in [0.717, 1.165) is 6.08 Å². The third-order valence-electron chi connectivity index (χ3n) is 2.91. The molecule has 0 saturated heterocycles. The summed E-state index contributed by atoms with van der Waals surface area (Å²) in [5.74, 6) is 0. The normalized spacial score (nSPS) is 13.3. The molecule has 0 aromatic heterocycles. The molecule has 0 spiro atoms. The van der Waals surface area contributed by atoms with Gasteiger partial charge in [0.1, 0.15) is 0 Å². The molecule has 2 aromatic rings. The lowest BCUT2D eigenvalue weighted by molar-refractivity contribution is 0.494. The Kier molecular flexibility index (Phi) is 5.15. The van der Waals surface area contributed by atoms with Crippen molar-refractivity contribution in [3.05, 3.63) is 82.8 Å². The van der Waals surface area contributed by atoms with E-state index in [9.17, 15) is 16.8 Å². The van der Waals surface area contributed by atoms with Crippen molar-refractivity contribution in [2.45, 2.75) is 0 Å². The first-order chi connectivity index (χ1) is 10.8. The molecule has 0 saturated carbocycles. The monoisotopic (exact) mass is 350 g/mol. The van der Waals surface area contributed by atoms with Crippen molar-refractivity contribution in [3.8, 4) is 0 Å². The molecule has 23 heavy (non-hydrogen) atoms. The summed E-state index contributed by atoms with van der Waals surface area (Å²) in [5, 5.41) is 0. The van der Waals surface area contributed by atoms with Gasteiger partial charge in [-0.1, -0.05) is 66.7 Å². The number of rotatable bonds is 5. The Balaban J connectivity index is 2.53. The first kappa shape index (κ1) is 17.1. The average molecular weight is 350 g/mol. The summed E-state index contributed by atoms with van der Waals surface area (Å²) in [4.78, 5) is -0.518. The molecule has 0 heterocycles. The van der Waals surface area contributed by atoms with Crippen LogP contribution in [0.2, 0.25) is 0 Å². The predicted molar refractivity (Wildman–Crippen MR) is 90.4 cm³/mol. The van der Waals surface area contributed by atoms with Crippen LogP contribution in [0.15, 0.2) is 71.6 Å². The lowest BCUT2D eigenvalue weighted by atomic mass is 10.2. The molecule has 0 aliphatic heterocycles. The summed E-state index contributed by atoms with van der Waals surface area (Å²) in [6.07, 6.45) is 3.78. The third kappa shape index (κ3) is 4.38. The van der Waals surface area contributed by atoms with Gasteiger partial charge < -0.3 is 0 Å². The molecule has 0 bridgehead atoms. The highest BCUT2D eigenvalue weighted by Gasteiger charge is 2.30. The van der Waals surface area contributed by atoms with Crippen molar-refractivity contribution >= 4 is 30.2 Å². The van der Waals surface area contributed by atoms with Gasteiger partial charge in [-0.15, -0.1) is 0 Å². The topological polar surface area (TPSA) is 88.5 Å². The number of benzene rings is 2. The van der Waals surface area contributed by atoms with Crippen LogP contribution in [-0.2, 0) is 18.0 Å². The van der Waals surface area contributed by atoms with Crippen molar-refractivity contribution < 1.29 is 21.4 Å². The molecule has 0 aliphatic carbocycles. The van der Waals surface area contributed by atoms with E-state index < -0.39 is 22.9 Å². The fourth-order valence-corrected chi connectivity index (χ4v) is 3.58. The van der Waals surface area contributed by atoms with Crippen molar-refractivity contribution in [2.24, 2.45) is 0 Å². The van der Waals surface area contributed by atoms with Crippen LogP contribution in [0, 0.1) is 0 Å². The standard InChI is InChI=1S/C16H14O5S2/c17-22(18,23(19,20)21)16(13-15-9-5-2-6-10-15)12-11-14-7-3-1-4-8-14/h1-13H,(H,19,20,21). The fourth-order valence-electron chi connectivity index (χ4n) is 1.78. The second kappa shape index (κ2) is 6.91. The third-order valence-corrected chi connectivity index (χ3v) is 6.54. The molecule has 0 radical (unpaired) electrons. The molecule has 0 unspecified atom stereocenters. The summed E-state index contributed by atoms with van der Waals surface area (Å²) in [6.45, 7) is 0. The minimum absolute atomic E-state index is 0.493. The molecule has 7 heteroatoms. The molecule has 120 valence electrons. The van der Waals surface area contributed by atoms with Crippen molar-refractivity contribution in [1.29, 1.82) is 0 Å². The predicted octanol–water partition coefficient (Wildman–Crippen LogP) is 2.96. The maximum Gasteiger partial charge on any atom is 0.377 e. The van der Waals surface area contributed by atoms with Gasteiger partial charge in [0.15, 0.2) is 0 Å². The van der Waals surface area contributed by atoms with Gasteiger partial charge in [0, 0.05) is 0 Å². The van der Waals surface area contributed by atoms with Gasteiger partial charge in [-0.05, 0) is 23.3 Å². The Morgan fingerprint density at radius 1 is 0.783 bits per heavy atom. The van der Waals surface area contributed by atoms with E-state index in [-0.39, 0.29) is 0 Å². The van der Waals surface area contributed by atoms with E-state index in [0.29, 0.717) is 11.1 Å².